The molecule has 7 heteroatoms. The van der Waals surface area contributed by atoms with E-state index < -0.39 is 0 Å². The Morgan fingerprint density at radius 2 is 2.20 bits per heavy atom. The SMILES string of the molecule is Cc1nc(CO)sc1-c1csc(Nc2ccccn2)n1. The fraction of sp³-hybridized carbons (Fsp3) is 0.154. The number of nitrogens with zero attached hydrogens (tertiary/aromatic N) is 3. The first-order chi connectivity index (χ1) is 9.76. The molecule has 0 unspecified atom stereocenters. The summed E-state index contributed by atoms with van der Waals surface area (Å²) in [5.74, 6) is 0.769. The van der Waals surface area contributed by atoms with E-state index in [0.29, 0.717) is 5.01 Å². The maximum Gasteiger partial charge on any atom is 0.188 e. The molecule has 0 fully saturated rings. The fourth-order valence-electron chi connectivity index (χ4n) is 1.74. The van der Waals surface area contributed by atoms with Gasteiger partial charge < -0.3 is 10.4 Å². The Labute approximate surface area is 124 Å². The third kappa shape index (κ3) is 2.69. The molecule has 0 radical (unpaired) electrons. The Hall–Kier alpha value is -1.83. The molecule has 3 heterocycles. The largest absolute Gasteiger partial charge is 0.389 e. The summed E-state index contributed by atoms with van der Waals surface area (Å²) in [6.07, 6.45) is 1.73. The average molecular weight is 304 g/mol. The van der Waals surface area contributed by atoms with Gasteiger partial charge in [-0.15, -0.1) is 22.7 Å². The van der Waals surface area contributed by atoms with E-state index in [2.05, 4.69) is 20.3 Å². The summed E-state index contributed by atoms with van der Waals surface area (Å²) in [5, 5.41) is 15.8. The van der Waals surface area contributed by atoms with Crippen molar-refractivity contribution in [3.63, 3.8) is 0 Å². The van der Waals surface area contributed by atoms with E-state index in [1.807, 2.05) is 30.5 Å². The molecule has 102 valence electrons. The Bertz CT molecular complexity index is 708. The molecule has 0 saturated heterocycles. The lowest BCUT2D eigenvalue weighted by Gasteiger charge is -1.99. The number of aromatic nitrogens is 3. The first kappa shape index (κ1) is 13.2. The lowest BCUT2D eigenvalue weighted by molar-refractivity contribution is 0.281. The minimum Gasteiger partial charge on any atom is -0.389 e. The molecule has 0 aliphatic rings. The Morgan fingerprint density at radius 3 is 2.90 bits per heavy atom. The molecule has 3 aromatic heterocycles. The zero-order valence-electron chi connectivity index (χ0n) is 10.7. The molecule has 2 N–H and O–H groups in total. The maximum absolute atomic E-state index is 9.13. The topological polar surface area (TPSA) is 70.9 Å². The quantitative estimate of drug-likeness (QED) is 0.774. The summed E-state index contributed by atoms with van der Waals surface area (Å²) >= 11 is 2.99. The van der Waals surface area contributed by atoms with E-state index in [4.69, 9.17) is 5.11 Å². The number of thiazole rings is 2. The van der Waals surface area contributed by atoms with Crippen LogP contribution in [-0.4, -0.2) is 20.1 Å². The molecule has 0 spiro atoms. The molecule has 0 saturated carbocycles. The fourth-order valence-corrected chi connectivity index (χ4v) is 3.41. The van der Waals surface area contributed by atoms with E-state index in [1.165, 1.54) is 22.7 Å². The van der Waals surface area contributed by atoms with Crippen molar-refractivity contribution in [2.45, 2.75) is 13.5 Å². The predicted octanol–water partition coefficient (Wildman–Crippen LogP) is 3.21. The highest BCUT2D eigenvalue weighted by atomic mass is 32.1. The molecular weight excluding hydrogens is 292 g/mol. The van der Waals surface area contributed by atoms with Crippen LogP contribution >= 0.6 is 22.7 Å². The molecule has 0 aliphatic carbocycles. The first-order valence-corrected chi connectivity index (χ1v) is 7.67. The molecule has 0 atom stereocenters. The number of aryl methyl sites for hydroxylation is 1. The molecule has 0 bridgehead atoms. The molecule has 5 nitrogen and oxygen atoms in total. The van der Waals surface area contributed by atoms with Crippen LogP contribution in [0.4, 0.5) is 10.9 Å². The minimum absolute atomic E-state index is 0.0330. The second kappa shape index (κ2) is 5.66. The van der Waals surface area contributed by atoms with Crippen LogP contribution in [0.3, 0.4) is 0 Å². The molecule has 0 aromatic carbocycles. The highest BCUT2D eigenvalue weighted by molar-refractivity contribution is 7.16. The third-order valence-corrected chi connectivity index (χ3v) is 4.54. The predicted molar refractivity (Wildman–Crippen MR) is 81.4 cm³/mol. The van der Waals surface area contributed by atoms with Gasteiger partial charge in [0.1, 0.15) is 10.8 Å². The lowest BCUT2D eigenvalue weighted by Crippen LogP contribution is -1.91. The maximum atomic E-state index is 9.13. The lowest BCUT2D eigenvalue weighted by atomic mass is 10.3. The van der Waals surface area contributed by atoms with E-state index >= 15 is 0 Å². The smallest absolute Gasteiger partial charge is 0.188 e. The number of hydrogen-bond acceptors (Lipinski definition) is 7. The zero-order valence-corrected chi connectivity index (χ0v) is 12.3. The van der Waals surface area contributed by atoms with Crippen molar-refractivity contribution in [1.29, 1.82) is 0 Å². The molecule has 3 rings (SSSR count). The third-order valence-electron chi connectivity index (χ3n) is 2.61. The van der Waals surface area contributed by atoms with Crippen molar-refractivity contribution in [3.05, 3.63) is 40.5 Å². The summed E-state index contributed by atoms with van der Waals surface area (Å²) in [7, 11) is 0. The van der Waals surface area contributed by atoms with Gasteiger partial charge in [0.2, 0.25) is 0 Å². The van der Waals surface area contributed by atoms with Gasteiger partial charge in [-0.1, -0.05) is 6.07 Å². The van der Waals surface area contributed by atoms with Crippen molar-refractivity contribution < 1.29 is 5.11 Å². The number of pyridine rings is 1. The summed E-state index contributed by atoms with van der Waals surface area (Å²) in [4.78, 5) is 14.0. The van der Waals surface area contributed by atoms with Crippen LogP contribution in [0.25, 0.3) is 10.6 Å². The Kier molecular flexibility index (Phi) is 3.72. The van der Waals surface area contributed by atoms with Crippen LogP contribution in [0, 0.1) is 6.92 Å². The van der Waals surface area contributed by atoms with Gasteiger partial charge in [-0.3, -0.25) is 0 Å². The number of hydrogen-bond donors (Lipinski definition) is 2. The minimum atomic E-state index is -0.0330. The van der Waals surface area contributed by atoms with E-state index in [1.54, 1.807) is 6.20 Å². The van der Waals surface area contributed by atoms with Crippen molar-refractivity contribution in [3.8, 4) is 10.6 Å². The average Bonchev–Trinajstić information content (AvgIpc) is 3.06. The number of aliphatic hydroxyl groups is 1. The zero-order chi connectivity index (χ0) is 13.9. The van der Waals surface area contributed by atoms with Crippen molar-refractivity contribution in [1.82, 2.24) is 15.0 Å². The van der Waals surface area contributed by atoms with Crippen LogP contribution in [-0.2, 0) is 6.61 Å². The summed E-state index contributed by atoms with van der Waals surface area (Å²) in [6.45, 7) is 1.89. The summed E-state index contributed by atoms with van der Waals surface area (Å²) < 4.78 is 0. The molecule has 0 amide bonds. The monoisotopic (exact) mass is 304 g/mol. The van der Waals surface area contributed by atoms with E-state index in [9.17, 15) is 0 Å². The van der Waals surface area contributed by atoms with Crippen LogP contribution in [0.1, 0.15) is 10.7 Å². The van der Waals surface area contributed by atoms with Crippen molar-refractivity contribution in [2.24, 2.45) is 0 Å². The van der Waals surface area contributed by atoms with Gasteiger partial charge in [0.05, 0.1) is 22.9 Å². The second-order valence-electron chi connectivity index (χ2n) is 4.06. The molecule has 3 aromatic rings. The Balaban J connectivity index is 1.84. The van der Waals surface area contributed by atoms with E-state index in [-0.39, 0.29) is 6.61 Å². The van der Waals surface area contributed by atoms with Crippen molar-refractivity contribution in [2.75, 3.05) is 5.32 Å². The van der Waals surface area contributed by atoms with Crippen molar-refractivity contribution >= 4 is 33.6 Å². The normalized spacial score (nSPS) is 10.7. The molecular formula is C13H12N4OS2. The van der Waals surface area contributed by atoms with Crippen LogP contribution in [0.5, 0.6) is 0 Å². The van der Waals surface area contributed by atoms with Gasteiger partial charge in [-0.2, -0.15) is 0 Å². The van der Waals surface area contributed by atoms with Crippen LogP contribution in [0.15, 0.2) is 29.8 Å². The van der Waals surface area contributed by atoms with Gasteiger partial charge in [-0.25, -0.2) is 15.0 Å². The molecule has 20 heavy (non-hydrogen) atoms. The van der Waals surface area contributed by atoms with Gasteiger partial charge in [0, 0.05) is 11.6 Å². The number of nitrogens with one attached hydrogen (secondary N) is 1. The van der Waals surface area contributed by atoms with Gasteiger partial charge in [-0.05, 0) is 19.1 Å². The van der Waals surface area contributed by atoms with Gasteiger partial charge in [0.15, 0.2) is 5.13 Å². The number of aliphatic hydroxyl groups excluding tert-OH is 1. The standard InChI is InChI=1S/C13H12N4OS2/c1-8-12(20-11(6-18)15-8)9-7-19-13(16-9)17-10-4-2-3-5-14-10/h2-5,7,18H,6H2,1H3,(H,14,16,17). The second-order valence-corrected chi connectivity index (χ2v) is 6.00. The van der Waals surface area contributed by atoms with Crippen LogP contribution in [0.2, 0.25) is 0 Å². The highest BCUT2D eigenvalue weighted by Crippen LogP contribution is 2.32. The first-order valence-electron chi connectivity index (χ1n) is 5.97. The van der Waals surface area contributed by atoms with Gasteiger partial charge >= 0.3 is 0 Å². The molecule has 0 aliphatic heterocycles. The van der Waals surface area contributed by atoms with Gasteiger partial charge in [0.25, 0.3) is 0 Å². The number of rotatable bonds is 4. The van der Waals surface area contributed by atoms with E-state index in [0.717, 1.165) is 27.2 Å². The summed E-state index contributed by atoms with van der Waals surface area (Å²) in [6, 6.07) is 5.68. The number of anilines is 2. The Morgan fingerprint density at radius 1 is 1.30 bits per heavy atom. The van der Waals surface area contributed by atoms with Crippen LogP contribution < -0.4 is 5.32 Å². The highest BCUT2D eigenvalue weighted by Gasteiger charge is 2.12. The summed E-state index contributed by atoms with van der Waals surface area (Å²) in [5.41, 5.74) is 1.77.